The molecule has 0 saturated carbocycles. The number of halogens is 1. The third-order valence-corrected chi connectivity index (χ3v) is 1.50. The van der Waals surface area contributed by atoms with E-state index in [2.05, 4.69) is 16.0 Å². The van der Waals surface area contributed by atoms with Gasteiger partial charge in [0, 0.05) is 12.3 Å². The molecule has 0 atom stereocenters. The molecule has 1 radical (unpaired) electrons. The molecule has 0 fully saturated rings. The van der Waals surface area contributed by atoms with E-state index in [1.54, 1.807) is 6.07 Å². The Kier molecular flexibility index (Phi) is 1.14. The van der Waals surface area contributed by atoms with E-state index in [0.717, 1.165) is 11.0 Å². The Hall–Kier alpha value is -1.02. The van der Waals surface area contributed by atoms with E-state index in [0.29, 0.717) is 5.15 Å². The molecule has 2 rings (SSSR count). The van der Waals surface area contributed by atoms with Gasteiger partial charge in [0.2, 0.25) is 0 Å². The Morgan fingerprint density at radius 2 is 2.50 bits per heavy atom. The third kappa shape index (κ3) is 0.772. The minimum Gasteiger partial charge on any atom is -0.360 e. The van der Waals surface area contributed by atoms with Gasteiger partial charge in [-0.05, 0) is 12.1 Å². The number of rotatable bonds is 0. The Morgan fingerprint density at radius 1 is 1.60 bits per heavy atom. The number of aromatic nitrogens is 2. The van der Waals surface area contributed by atoms with Gasteiger partial charge in [-0.25, -0.2) is 4.98 Å². The molecular formula is C7H4ClN2. The molecule has 0 aliphatic heterocycles. The summed E-state index contributed by atoms with van der Waals surface area (Å²) >= 11 is 5.60. The van der Waals surface area contributed by atoms with Crippen molar-refractivity contribution in [2.24, 2.45) is 0 Å². The van der Waals surface area contributed by atoms with Crippen molar-refractivity contribution in [1.82, 2.24) is 9.97 Å². The zero-order valence-electron chi connectivity index (χ0n) is 5.06. The zero-order chi connectivity index (χ0) is 6.97. The van der Waals surface area contributed by atoms with Crippen molar-refractivity contribution >= 4 is 22.6 Å². The predicted molar refractivity (Wildman–Crippen MR) is 39.9 cm³/mol. The minimum atomic E-state index is 0.409. The smallest absolute Gasteiger partial charge is 0.137 e. The van der Waals surface area contributed by atoms with Crippen molar-refractivity contribution in [3.63, 3.8) is 0 Å². The molecule has 0 unspecified atom stereocenters. The summed E-state index contributed by atoms with van der Waals surface area (Å²) in [6, 6.07) is 6.44. The van der Waals surface area contributed by atoms with Crippen molar-refractivity contribution in [3.05, 3.63) is 29.5 Å². The average Bonchev–Trinajstić information content (AvgIpc) is 2.33. The molecule has 0 saturated heterocycles. The summed E-state index contributed by atoms with van der Waals surface area (Å²) in [5.74, 6) is 0. The molecule has 49 valence electrons. The van der Waals surface area contributed by atoms with E-state index in [1.165, 1.54) is 0 Å². The molecule has 0 spiro atoms. The monoisotopic (exact) mass is 151 g/mol. The Labute approximate surface area is 62.8 Å². The van der Waals surface area contributed by atoms with Gasteiger partial charge in [-0.1, -0.05) is 11.6 Å². The van der Waals surface area contributed by atoms with Crippen LogP contribution in [0.1, 0.15) is 0 Å². The maximum Gasteiger partial charge on any atom is 0.137 e. The number of hydrogen-bond donors (Lipinski definition) is 1. The van der Waals surface area contributed by atoms with E-state index >= 15 is 0 Å². The largest absolute Gasteiger partial charge is 0.360 e. The first-order valence-electron chi connectivity index (χ1n) is 2.87. The van der Waals surface area contributed by atoms with Crippen LogP contribution in [-0.2, 0) is 0 Å². The summed E-state index contributed by atoms with van der Waals surface area (Å²) in [6.45, 7) is 0. The fourth-order valence-electron chi connectivity index (χ4n) is 0.857. The fraction of sp³-hybridized carbons (Fsp3) is 0. The zero-order valence-corrected chi connectivity index (χ0v) is 5.81. The standard InChI is InChI=1S/C7H4ClN2/c8-7-2-1-5-6(10-7)3-4-9-5/h1,3-4,9H. The molecular weight excluding hydrogens is 148 g/mol. The van der Waals surface area contributed by atoms with Crippen molar-refractivity contribution in [2.45, 2.75) is 0 Å². The number of nitrogens with zero attached hydrogens (tertiary/aromatic N) is 1. The van der Waals surface area contributed by atoms with Crippen LogP contribution in [0, 0.1) is 6.07 Å². The maximum atomic E-state index is 5.60. The number of nitrogens with one attached hydrogen (secondary N) is 1. The van der Waals surface area contributed by atoms with Gasteiger partial charge in [-0.3, -0.25) is 0 Å². The second-order valence-corrected chi connectivity index (χ2v) is 2.33. The first-order chi connectivity index (χ1) is 4.86. The quantitative estimate of drug-likeness (QED) is 0.574. The molecule has 1 N–H and O–H groups in total. The van der Waals surface area contributed by atoms with E-state index in [4.69, 9.17) is 11.6 Å². The van der Waals surface area contributed by atoms with E-state index < -0.39 is 0 Å². The SMILES string of the molecule is Clc1[c]cc2[nH]ccc2n1. The van der Waals surface area contributed by atoms with Crippen LogP contribution in [0.2, 0.25) is 5.15 Å². The normalized spacial score (nSPS) is 10.5. The molecule has 3 heteroatoms. The number of fused-ring (bicyclic) bond motifs is 1. The second-order valence-electron chi connectivity index (χ2n) is 1.97. The van der Waals surface area contributed by atoms with Crippen LogP contribution in [0.25, 0.3) is 11.0 Å². The van der Waals surface area contributed by atoms with Gasteiger partial charge in [0.25, 0.3) is 0 Å². The van der Waals surface area contributed by atoms with Gasteiger partial charge in [0.15, 0.2) is 0 Å². The van der Waals surface area contributed by atoms with Crippen LogP contribution in [0.15, 0.2) is 18.3 Å². The minimum absolute atomic E-state index is 0.409. The lowest BCUT2D eigenvalue weighted by Gasteiger charge is -1.87. The highest BCUT2D eigenvalue weighted by Gasteiger charge is 1.94. The number of aromatic amines is 1. The Morgan fingerprint density at radius 3 is 3.40 bits per heavy atom. The Balaban J connectivity index is 2.86. The third-order valence-electron chi connectivity index (χ3n) is 1.31. The van der Waals surface area contributed by atoms with Gasteiger partial charge in [0.05, 0.1) is 11.0 Å². The van der Waals surface area contributed by atoms with Gasteiger partial charge < -0.3 is 4.98 Å². The molecule has 0 amide bonds. The lowest BCUT2D eigenvalue weighted by Crippen LogP contribution is -1.74. The summed E-state index contributed by atoms with van der Waals surface area (Å²) in [6.07, 6.45) is 1.82. The summed E-state index contributed by atoms with van der Waals surface area (Å²) in [4.78, 5) is 7.01. The predicted octanol–water partition coefficient (Wildman–Crippen LogP) is 2.02. The van der Waals surface area contributed by atoms with Gasteiger partial charge in [0.1, 0.15) is 5.15 Å². The molecule has 0 aliphatic rings. The van der Waals surface area contributed by atoms with Gasteiger partial charge in [-0.15, -0.1) is 0 Å². The first kappa shape index (κ1) is 5.74. The fourth-order valence-corrected chi connectivity index (χ4v) is 1.00. The number of hydrogen-bond acceptors (Lipinski definition) is 1. The Bertz CT molecular complexity index is 353. The average molecular weight is 152 g/mol. The molecule has 0 aliphatic carbocycles. The molecule has 2 nitrogen and oxygen atoms in total. The lowest BCUT2D eigenvalue weighted by molar-refractivity contribution is 1.40. The van der Waals surface area contributed by atoms with Crippen LogP contribution in [0.4, 0.5) is 0 Å². The summed E-state index contributed by atoms with van der Waals surface area (Å²) in [5, 5.41) is 0.409. The topological polar surface area (TPSA) is 28.7 Å². The number of pyridine rings is 1. The van der Waals surface area contributed by atoms with Crippen molar-refractivity contribution in [2.75, 3.05) is 0 Å². The van der Waals surface area contributed by atoms with E-state index in [-0.39, 0.29) is 0 Å². The van der Waals surface area contributed by atoms with E-state index in [9.17, 15) is 0 Å². The lowest BCUT2D eigenvalue weighted by atomic mass is 10.4. The highest BCUT2D eigenvalue weighted by molar-refractivity contribution is 6.29. The van der Waals surface area contributed by atoms with E-state index in [1.807, 2.05) is 12.3 Å². The van der Waals surface area contributed by atoms with Crippen LogP contribution in [0.3, 0.4) is 0 Å². The molecule has 0 bridgehead atoms. The molecule has 2 heterocycles. The van der Waals surface area contributed by atoms with Crippen molar-refractivity contribution in [3.8, 4) is 0 Å². The van der Waals surface area contributed by atoms with Gasteiger partial charge >= 0.3 is 0 Å². The molecule has 10 heavy (non-hydrogen) atoms. The summed E-state index contributed by atoms with van der Waals surface area (Å²) in [7, 11) is 0. The van der Waals surface area contributed by atoms with Crippen molar-refractivity contribution < 1.29 is 0 Å². The molecule has 2 aromatic rings. The first-order valence-corrected chi connectivity index (χ1v) is 3.25. The van der Waals surface area contributed by atoms with Crippen LogP contribution < -0.4 is 0 Å². The molecule has 2 aromatic heterocycles. The highest BCUT2D eigenvalue weighted by atomic mass is 35.5. The molecule has 0 aromatic carbocycles. The number of H-pyrrole nitrogens is 1. The summed E-state index contributed by atoms with van der Waals surface area (Å²) < 4.78 is 0. The maximum absolute atomic E-state index is 5.60. The van der Waals surface area contributed by atoms with Crippen LogP contribution in [0.5, 0.6) is 0 Å². The van der Waals surface area contributed by atoms with Crippen LogP contribution in [-0.4, -0.2) is 9.97 Å². The summed E-state index contributed by atoms with van der Waals surface area (Å²) in [5.41, 5.74) is 1.84. The highest BCUT2D eigenvalue weighted by Crippen LogP contribution is 2.11. The second kappa shape index (κ2) is 1.99. The van der Waals surface area contributed by atoms with Crippen molar-refractivity contribution in [1.29, 1.82) is 0 Å². The van der Waals surface area contributed by atoms with Gasteiger partial charge in [-0.2, -0.15) is 0 Å². The van der Waals surface area contributed by atoms with Crippen LogP contribution >= 0.6 is 11.6 Å².